The van der Waals surface area contributed by atoms with Crippen molar-refractivity contribution in [3.05, 3.63) is 36.3 Å². The molecule has 0 aromatic carbocycles. The molecule has 3 rings (SSSR count). The van der Waals surface area contributed by atoms with Crippen LogP contribution in [0, 0.1) is 6.92 Å². The minimum atomic E-state index is -3.47. The van der Waals surface area contributed by atoms with Gasteiger partial charge in [-0.2, -0.15) is 17.0 Å². The van der Waals surface area contributed by atoms with Gasteiger partial charge in [-0.05, 0) is 19.8 Å². The largest absolute Gasteiger partial charge is 0.287 e. The van der Waals surface area contributed by atoms with E-state index in [-0.39, 0.29) is 6.04 Å². The maximum atomic E-state index is 12.5. The van der Waals surface area contributed by atoms with Crippen molar-refractivity contribution < 1.29 is 8.42 Å². The minimum absolute atomic E-state index is 0.279. The Bertz CT molecular complexity index is 801. The van der Waals surface area contributed by atoms with Crippen LogP contribution in [0.4, 0.5) is 0 Å². The van der Waals surface area contributed by atoms with E-state index < -0.39 is 10.2 Å². The van der Waals surface area contributed by atoms with E-state index in [1.54, 1.807) is 32.7 Å². The number of aromatic nitrogens is 4. The Morgan fingerprint density at radius 3 is 2.74 bits per heavy atom. The summed E-state index contributed by atoms with van der Waals surface area (Å²) in [5.74, 6) is 1.45. The molecule has 0 amide bonds. The van der Waals surface area contributed by atoms with Gasteiger partial charge >= 0.3 is 0 Å². The van der Waals surface area contributed by atoms with E-state index in [9.17, 15) is 8.42 Å². The van der Waals surface area contributed by atoms with Gasteiger partial charge in [0.2, 0.25) is 0 Å². The van der Waals surface area contributed by atoms with Gasteiger partial charge in [-0.25, -0.2) is 9.97 Å². The number of aryl methyl sites for hydroxylation is 1. The van der Waals surface area contributed by atoms with Gasteiger partial charge in [-0.3, -0.25) is 9.55 Å². The molecule has 8 nitrogen and oxygen atoms in total. The molecule has 0 bridgehead atoms. The summed E-state index contributed by atoms with van der Waals surface area (Å²) in [6.45, 7) is 2.38. The molecule has 3 heterocycles. The van der Waals surface area contributed by atoms with Crippen LogP contribution < -0.4 is 0 Å². The van der Waals surface area contributed by atoms with E-state index in [4.69, 9.17) is 0 Å². The van der Waals surface area contributed by atoms with E-state index in [0.717, 1.165) is 18.7 Å². The van der Waals surface area contributed by atoms with Crippen LogP contribution in [0.2, 0.25) is 0 Å². The first-order chi connectivity index (χ1) is 10.9. The van der Waals surface area contributed by atoms with Crippen LogP contribution in [0.1, 0.15) is 30.4 Å². The second-order valence-corrected chi connectivity index (χ2v) is 7.80. The van der Waals surface area contributed by atoms with Crippen LogP contribution in [0.15, 0.2) is 24.8 Å². The lowest BCUT2D eigenvalue weighted by Gasteiger charge is -2.26. The van der Waals surface area contributed by atoms with Gasteiger partial charge in [-0.15, -0.1) is 0 Å². The first-order valence-electron chi connectivity index (χ1n) is 7.43. The van der Waals surface area contributed by atoms with Crippen molar-refractivity contribution >= 4 is 10.2 Å². The summed E-state index contributed by atoms with van der Waals surface area (Å²) in [6.07, 6.45) is 8.36. The third kappa shape index (κ3) is 2.87. The van der Waals surface area contributed by atoms with Crippen LogP contribution in [-0.4, -0.2) is 57.2 Å². The summed E-state index contributed by atoms with van der Waals surface area (Å²) in [6, 6.07) is -0.279. The van der Waals surface area contributed by atoms with Crippen LogP contribution in [0.5, 0.6) is 0 Å². The van der Waals surface area contributed by atoms with Crippen molar-refractivity contribution in [1.82, 2.24) is 28.1 Å². The standard InChI is InChI=1S/C14H20N6O2S/c1-11-16-6-8-19(11)14-10-15-9-12(17-14)13-5-4-7-20(13)23(21,22)18(2)3/h6,8-10,13H,4-5,7H2,1-3H3/t13-/m0/s1. The second kappa shape index (κ2) is 5.99. The molecule has 1 aliphatic rings. The maximum Gasteiger partial charge on any atom is 0.282 e. The highest BCUT2D eigenvalue weighted by atomic mass is 32.2. The number of hydrogen-bond donors (Lipinski definition) is 0. The number of rotatable bonds is 4. The lowest BCUT2D eigenvalue weighted by atomic mass is 10.2. The van der Waals surface area contributed by atoms with Crippen molar-refractivity contribution in [3.8, 4) is 5.82 Å². The van der Waals surface area contributed by atoms with E-state index in [2.05, 4.69) is 15.0 Å². The summed E-state index contributed by atoms with van der Waals surface area (Å²) in [7, 11) is -0.382. The number of imidazole rings is 1. The molecule has 0 saturated carbocycles. The monoisotopic (exact) mass is 336 g/mol. The summed E-state index contributed by atoms with van der Waals surface area (Å²) in [5, 5.41) is 0. The van der Waals surface area contributed by atoms with E-state index in [1.165, 1.54) is 8.61 Å². The lowest BCUT2D eigenvalue weighted by Crippen LogP contribution is -2.39. The topological polar surface area (TPSA) is 84.2 Å². The molecule has 2 aromatic rings. The number of nitrogens with zero attached hydrogens (tertiary/aromatic N) is 6. The molecule has 0 unspecified atom stereocenters. The predicted octanol–water partition coefficient (Wildman–Crippen LogP) is 0.914. The van der Waals surface area contributed by atoms with Gasteiger partial charge in [0.15, 0.2) is 5.82 Å². The first-order valence-corrected chi connectivity index (χ1v) is 8.82. The highest BCUT2D eigenvalue weighted by Gasteiger charge is 2.37. The fourth-order valence-electron chi connectivity index (χ4n) is 2.79. The average Bonchev–Trinajstić information content (AvgIpc) is 3.16. The summed E-state index contributed by atoms with van der Waals surface area (Å²) in [5.41, 5.74) is 0.665. The van der Waals surface area contributed by atoms with Gasteiger partial charge in [-0.1, -0.05) is 0 Å². The van der Waals surface area contributed by atoms with Crippen molar-refractivity contribution in [3.63, 3.8) is 0 Å². The normalized spacial score (nSPS) is 19.6. The van der Waals surface area contributed by atoms with Crippen LogP contribution >= 0.6 is 0 Å². The first kappa shape index (κ1) is 16.0. The Morgan fingerprint density at radius 1 is 1.30 bits per heavy atom. The fourth-order valence-corrected chi connectivity index (χ4v) is 4.10. The van der Waals surface area contributed by atoms with Crippen LogP contribution in [-0.2, 0) is 10.2 Å². The molecule has 23 heavy (non-hydrogen) atoms. The second-order valence-electron chi connectivity index (χ2n) is 5.71. The Labute approximate surface area is 136 Å². The smallest absolute Gasteiger partial charge is 0.282 e. The third-order valence-corrected chi connectivity index (χ3v) is 5.97. The molecule has 1 fully saturated rings. The summed E-state index contributed by atoms with van der Waals surface area (Å²) >= 11 is 0. The number of hydrogen-bond acceptors (Lipinski definition) is 5. The van der Waals surface area contributed by atoms with Crippen LogP contribution in [0.25, 0.3) is 5.82 Å². The Hall–Kier alpha value is -1.84. The molecule has 124 valence electrons. The molecular weight excluding hydrogens is 316 g/mol. The molecule has 0 spiro atoms. The van der Waals surface area contributed by atoms with Gasteiger partial charge in [0, 0.05) is 33.0 Å². The molecular formula is C14H20N6O2S. The highest BCUT2D eigenvalue weighted by Crippen LogP contribution is 2.33. The molecule has 9 heteroatoms. The lowest BCUT2D eigenvalue weighted by molar-refractivity contribution is 0.357. The van der Waals surface area contributed by atoms with Crippen LogP contribution in [0.3, 0.4) is 0 Å². The Balaban J connectivity index is 1.97. The quantitative estimate of drug-likeness (QED) is 0.829. The van der Waals surface area contributed by atoms with Gasteiger partial charge in [0.25, 0.3) is 10.2 Å². The Kier molecular flexibility index (Phi) is 4.17. The zero-order chi connectivity index (χ0) is 16.6. The maximum absolute atomic E-state index is 12.5. The van der Waals surface area contributed by atoms with Gasteiger partial charge in [0.05, 0.1) is 24.1 Å². The molecule has 0 aliphatic carbocycles. The zero-order valence-corrected chi connectivity index (χ0v) is 14.2. The predicted molar refractivity (Wildman–Crippen MR) is 85.2 cm³/mol. The summed E-state index contributed by atoms with van der Waals surface area (Å²) < 4.78 is 29.5. The molecule has 1 atom stereocenters. The molecule has 1 saturated heterocycles. The van der Waals surface area contributed by atoms with Gasteiger partial charge < -0.3 is 0 Å². The molecule has 0 radical (unpaired) electrons. The van der Waals surface area contributed by atoms with Crippen molar-refractivity contribution in [2.45, 2.75) is 25.8 Å². The third-order valence-electron chi connectivity index (χ3n) is 4.02. The van der Waals surface area contributed by atoms with Gasteiger partial charge in [0.1, 0.15) is 5.82 Å². The molecule has 1 aliphatic heterocycles. The van der Waals surface area contributed by atoms with E-state index in [1.807, 2.05) is 17.7 Å². The zero-order valence-electron chi connectivity index (χ0n) is 13.4. The minimum Gasteiger partial charge on any atom is -0.287 e. The SMILES string of the molecule is Cc1nccn1-c1cncc([C@@H]2CCCN2S(=O)(=O)N(C)C)n1. The molecule has 0 N–H and O–H groups in total. The summed E-state index contributed by atoms with van der Waals surface area (Å²) in [4.78, 5) is 13.0. The molecule has 2 aromatic heterocycles. The van der Waals surface area contributed by atoms with Crippen molar-refractivity contribution in [1.29, 1.82) is 0 Å². The van der Waals surface area contributed by atoms with Crippen molar-refractivity contribution in [2.24, 2.45) is 0 Å². The average molecular weight is 336 g/mol. The van der Waals surface area contributed by atoms with E-state index >= 15 is 0 Å². The highest BCUT2D eigenvalue weighted by molar-refractivity contribution is 7.86. The van der Waals surface area contributed by atoms with E-state index in [0.29, 0.717) is 18.1 Å². The fraction of sp³-hybridized carbons (Fsp3) is 0.500. The Morgan fingerprint density at radius 2 is 2.09 bits per heavy atom. The van der Waals surface area contributed by atoms with Crippen molar-refractivity contribution in [2.75, 3.05) is 20.6 Å².